The molecule has 1 saturated carbocycles. The van der Waals surface area contributed by atoms with Gasteiger partial charge in [-0.3, -0.25) is 14.5 Å². The Balaban J connectivity index is 1.72. The number of hydrogen-bond donors (Lipinski definition) is 1. The van der Waals surface area contributed by atoms with Crippen LogP contribution in [0.25, 0.3) is 0 Å². The molecule has 0 bridgehead atoms. The highest BCUT2D eigenvalue weighted by molar-refractivity contribution is 8.13. The summed E-state index contributed by atoms with van der Waals surface area (Å²) in [5, 5.41) is -0.0978. The number of piperidine rings is 1. The first-order chi connectivity index (χ1) is 11.7. The molecule has 1 spiro atoms. The third kappa shape index (κ3) is 2.28. The number of H-pyrrole nitrogens is 1. The number of ketones is 1. The number of nitrogens with one attached hydrogen (secondary N) is 1. The van der Waals surface area contributed by atoms with Gasteiger partial charge in [0.05, 0.1) is 11.4 Å². The number of ether oxygens (including phenoxy) is 1. The fourth-order valence-electron chi connectivity index (χ4n) is 4.00. The average Bonchev–Trinajstić information content (AvgIpc) is 2.90. The Bertz CT molecular complexity index is 848. The molecule has 2 atom stereocenters. The molecular weight excluding hydrogens is 340 g/mol. The molecule has 7 heteroatoms. The molecule has 3 aliphatic rings. The smallest absolute Gasteiger partial charge is 0.414 e. The van der Waals surface area contributed by atoms with E-state index in [-0.39, 0.29) is 22.2 Å². The summed E-state index contributed by atoms with van der Waals surface area (Å²) in [6.45, 7) is 6.01. The van der Waals surface area contributed by atoms with Crippen LogP contribution in [-0.2, 0) is 10.2 Å². The van der Waals surface area contributed by atoms with Gasteiger partial charge in [0.25, 0.3) is 0 Å². The molecule has 2 aliphatic carbocycles. The molecule has 1 aromatic rings. The quantitative estimate of drug-likeness (QED) is 0.832. The zero-order valence-electron chi connectivity index (χ0n) is 14.6. The number of amides is 1. The lowest BCUT2D eigenvalue weighted by molar-refractivity contribution is 0.0322. The number of likely N-dealkylation sites (tertiary alicyclic amines) is 1. The highest BCUT2D eigenvalue weighted by Gasteiger charge is 2.68. The van der Waals surface area contributed by atoms with Crippen LogP contribution in [0.15, 0.2) is 17.8 Å². The van der Waals surface area contributed by atoms with Crippen LogP contribution in [0.3, 0.4) is 0 Å². The van der Waals surface area contributed by atoms with Crippen molar-refractivity contribution in [3.05, 3.63) is 34.8 Å². The number of carbonyl (C=O) groups is 3. The van der Waals surface area contributed by atoms with E-state index in [9.17, 15) is 14.4 Å². The van der Waals surface area contributed by atoms with Crippen molar-refractivity contribution in [2.24, 2.45) is 5.92 Å². The van der Waals surface area contributed by atoms with Gasteiger partial charge in [0.1, 0.15) is 5.60 Å². The van der Waals surface area contributed by atoms with E-state index in [1.54, 1.807) is 17.2 Å². The van der Waals surface area contributed by atoms with Crippen LogP contribution in [0.2, 0.25) is 0 Å². The fourth-order valence-corrected chi connectivity index (χ4v) is 4.33. The molecule has 4 rings (SSSR count). The van der Waals surface area contributed by atoms with Crippen LogP contribution in [-0.4, -0.2) is 45.3 Å². The van der Waals surface area contributed by atoms with E-state index in [1.807, 2.05) is 20.8 Å². The summed E-state index contributed by atoms with van der Waals surface area (Å²) < 4.78 is 5.49. The predicted molar refractivity (Wildman–Crippen MR) is 93.8 cm³/mol. The largest absolute Gasteiger partial charge is 0.443 e. The molecule has 6 nitrogen and oxygen atoms in total. The first-order valence-corrected chi connectivity index (χ1v) is 9.48. The highest BCUT2D eigenvalue weighted by Crippen LogP contribution is 2.66. The summed E-state index contributed by atoms with van der Waals surface area (Å²) in [4.78, 5) is 41.7. The second-order valence-corrected chi connectivity index (χ2v) is 8.60. The van der Waals surface area contributed by atoms with Gasteiger partial charge in [-0.25, -0.2) is 4.79 Å². The van der Waals surface area contributed by atoms with Crippen LogP contribution in [0.4, 0.5) is 4.79 Å². The molecule has 132 valence electrons. The van der Waals surface area contributed by atoms with Crippen molar-refractivity contribution in [1.82, 2.24) is 9.88 Å². The third-order valence-electron chi connectivity index (χ3n) is 5.09. The Labute approximate surface area is 150 Å². The van der Waals surface area contributed by atoms with Crippen LogP contribution >= 0.6 is 11.8 Å². The SMILES string of the molecule is CSC(=O)c1cc2c([nH]1)C(=O)C=C1N(C(=O)OC(C)(C)C)C[C@H]3C[C@]123. The van der Waals surface area contributed by atoms with Crippen molar-refractivity contribution < 1.29 is 19.1 Å². The van der Waals surface area contributed by atoms with Crippen molar-refractivity contribution in [3.8, 4) is 0 Å². The topological polar surface area (TPSA) is 79.5 Å². The Morgan fingerprint density at radius 3 is 2.76 bits per heavy atom. The molecule has 25 heavy (non-hydrogen) atoms. The first kappa shape index (κ1) is 16.4. The Morgan fingerprint density at radius 1 is 1.40 bits per heavy atom. The van der Waals surface area contributed by atoms with Gasteiger partial charge >= 0.3 is 6.09 Å². The molecule has 0 radical (unpaired) electrons. The predicted octanol–water partition coefficient (Wildman–Crippen LogP) is 3.11. The minimum atomic E-state index is -0.590. The normalized spacial score (nSPS) is 26.6. The summed E-state index contributed by atoms with van der Waals surface area (Å²) in [7, 11) is 0. The number of thioether (sulfide) groups is 1. The summed E-state index contributed by atoms with van der Waals surface area (Å²) in [5.74, 6) is 0.0723. The number of nitrogens with zero attached hydrogens (tertiary/aromatic N) is 1. The van der Waals surface area contributed by atoms with Gasteiger partial charge in [-0.05, 0) is 51.0 Å². The second-order valence-electron chi connectivity index (χ2n) is 7.82. The number of fused-ring (bicyclic) bond motifs is 1. The molecule has 2 heterocycles. The van der Waals surface area contributed by atoms with Gasteiger partial charge in [0.15, 0.2) is 0 Å². The van der Waals surface area contributed by atoms with Gasteiger partial charge in [-0.2, -0.15) is 0 Å². The summed E-state index contributed by atoms with van der Waals surface area (Å²) in [5.41, 5.74) is 1.57. The first-order valence-electron chi connectivity index (χ1n) is 8.26. The van der Waals surface area contributed by atoms with Gasteiger partial charge in [0, 0.05) is 23.7 Å². The van der Waals surface area contributed by atoms with Gasteiger partial charge in [-0.15, -0.1) is 0 Å². The number of aromatic amines is 1. The van der Waals surface area contributed by atoms with Crippen molar-refractivity contribution in [2.75, 3.05) is 12.8 Å². The van der Waals surface area contributed by atoms with Crippen molar-refractivity contribution in [3.63, 3.8) is 0 Å². The Hall–Kier alpha value is -2.02. The van der Waals surface area contributed by atoms with E-state index in [1.165, 1.54) is 6.08 Å². The van der Waals surface area contributed by atoms with Crippen molar-refractivity contribution in [2.45, 2.75) is 38.2 Å². The van der Waals surface area contributed by atoms with E-state index >= 15 is 0 Å². The molecule has 0 unspecified atom stereocenters. The van der Waals surface area contributed by atoms with Gasteiger partial charge in [0.2, 0.25) is 10.9 Å². The highest BCUT2D eigenvalue weighted by atomic mass is 32.2. The Morgan fingerprint density at radius 2 is 2.12 bits per heavy atom. The van der Waals surface area contributed by atoms with E-state index in [0.717, 1.165) is 23.7 Å². The molecule has 1 aromatic heterocycles. The third-order valence-corrected chi connectivity index (χ3v) is 5.68. The number of rotatable bonds is 1. The maximum atomic E-state index is 12.6. The van der Waals surface area contributed by atoms with Crippen LogP contribution in [0, 0.1) is 5.92 Å². The second kappa shape index (κ2) is 5.00. The maximum absolute atomic E-state index is 12.6. The molecule has 2 fully saturated rings. The molecule has 1 N–H and O–H groups in total. The van der Waals surface area contributed by atoms with Crippen LogP contribution < -0.4 is 0 Å². The summed E-state index contributed by atoms with van der Waals surface area (Å²) >= 11 is 1.11. The van der Waals surface area contributed by atoms with Crippen molar-refractivity contribution >= 4 is 28.8 Å². The average molecular weight is 360 g/mol. The number of allylic oxidation sites excluding steroid dienone is 2. The number of aromatic nitrogens is 1. The lowest BCUT2D eigenvalue weighted by atomic mass is 9.85. The van der Waals surface area contributed by atoms with Gasteiger partial charge < -0.3 is 9.72 Å². The maximum Gasteiger partial charge on any atom is 0.414 e. The zero-order chi connectivity index (χ0) is 18.1. The minimum absolute atomic E-state index is 0.0978. The lowest BCUT2D eigenvalue weighted by Crippen LogP contribution is -2.37. The molecule has 1 saturated heterocycles. The molecule has 0 aromatic carbocycles. The van der Waals surface area contributed by atoms with E-state index in [2.05, 4.69) is 4.98 Å². The van der Waals surface area contributed by atoms with Crippen molar-refractivity contribution in [1.29, 1.82) is 0 Å². The van der Waals surface area contributed by atoms with E-state index < -0.39 is 11.7 Å². The minimum Gasteiger partial charge on any atom is -0.443 e. The Kier molecular flexibility index (Phi) is 3.29. The molecule has 1 aliphatic heterocycles. The fraction of sp³-hybridized carbons (Fsp3) is 0.500. The van der Waals surface area contributed by atoms with E-state index in [0.29, 0.717) is 23.6 Å². The van der Waals surface area contributed by atoms with Gasteiger partial charge in [-0.1, -0.05) is 11.8 Å². The standard InChI is InChI=1S/C18H20N2O4S/c1-17(2,3)24-16(23)20-8-9-7-18(9)10-5-11(15(22)25-4)19-14(10)12(21)6-13(18)20/h5-6,9,19H,7-8H2,1-4H3/t9-,18-/m1/s1. The monoisotopic (exact) mass is 360 g/mol. The molecular formula is C18H20N2O4S. The summed E-state index contributed by atoms with van der Waals surface area (Å²) in [6, 6.07) is 1.79. The zero-order valence-corrected chi connectivity index (χ0v) is 15.5. The lowest BCUT2D eigenvalue weighted by Gasteiger charge is -2.30. The summed E-state index contributed by atoms with van der Waals surface area (Å²) in [6.07, 6.45) is 3.72. The van der Waals surface area contributed by atoms with Crippen LogP contribution in [0.1, 0.15) is 53.7 Å². The number of carbonyl (C=O) groups excluding carboxylic acids is 3. The number of hydrogen-bond acceptors (Lipinski definition) is 5. The van der Waals surface area contributed by atoms with E-state index in [4.69, 9.17) is 4.74 Å². The van der Waals surface area contributed by atoms with Crippen LogP contribution in [0.5, 0.6) is 0 Å². The molecule has 1 amide bonds.